The number of carbonyl (C=O) groups excluding carboxylic acids is 1. The summed E-state index contributed by atoms with van der Waals surface area (Å²) in [7, 11) is 0. The van der Waals surface area contributed by atoms with E-state index in [-0.39, 0.29) is 18.3 Å². The number of carboxylic acid groups (broad SMARTS) is 1. The number of hydrogen-bond acceptors (Lipinski definition) is 4. The summed E-state index contributed by atoms with van der Waals surface area (Å²) >= 11 is 0. The Morgan fingerprint density at radius 1 is 1.24 bits per heavy atom. The first-order chi connectivity index (χ1) is 13.8. The number of aliphatic carboxylic acids is 1. The van der Waals surface area contributed by atoms with Crippen LogP contribution < -0.4 is 0 Å². The highest BCUT2D eigenvalue weighted by Gasteiger charge is 2.63. The highest BCUT2D eigenvalue weighted by Crippen LogP contribution is 2.65. The van der Waals surface area contributed by atoms with Crippen molar-refractivity contribution in [1.29, 1.82) is 0 Å². The maximum absolute atomic E-state index is 12.4. The van der Waals surface area contributed by atoms with Gasteiger partial charge in [-0.1, -0.05) is 18.9 Å². The molecule has 0 bridgehead atoms. The maximum Gasteiger partial charge on any atom is 0.307 e. The van der Waals surface area contributed by atoms with Crippen molar-refractivity contribution in [2.24, 2.45) is 17.3 Å². The number of ether oxygens (including phenoxy) is 1. The lowest BCUT2D eigenvalue weighted by Gasteiger charge is -2.52. The highest BCUT2D eigenvalue weighted by molar-refractivity contribution is 5.77. The molecular formula is C24H28O5. The van der Waals surface area contributed by atoms with Gasteiger partial charge in [-0.3, -0.25) is 9.59 Å². The third kappa shape index (κ3) is 3.10. The molecule has 0 unspecified atom stereocenters. The second-order valence-electron chi connectivity index (χ2n) is 9.13. The number of benzene rings is 1. The molecule has 5 nitrogen and oxygen atoms in total. The predicted octanol–water partition coefficient (Wildman–Crippen LogP) is 4.03. The van der Waals surface area contributed by atoms with Crippen LogP contribution in [0.15, 0.2) is 18.2 Å². The molecule has 4 rings (SSSR count). The minimum Gasteiger partial charge on any atom is -0.508 e. The molecule has 2 N–H and O–H groups in total. The molecule has 2 fully saturated rings. The number of rotatable bonds is 4. The number of fused-ring (bicyclic) bond motifs is 5. The van der Waals surface area contributed by atoms with Crippen molar-refractivity contribution in [3.63, 3.8) is 0 Å². The van der Waals surface area contributed by atoms with Gasteiger partial charge in [0, 0.05) is 5.41 Å². The van der Waals surface area contributed by atoms with Gasteiger partial charge >= 0.3 is 11.9 Å². The standard InChI is InChI=1S/C24H28O5/c1-3-24(29-22(28)9-8-21(26)27)13-11-20-19-6-4-15-14-16(25)5-7-17(15)18(19)10-12-23(20,24)2/h1,5,7,14,18-20,25H,4,6,8-13H2,2H3,(H,26,27)/t18-,19-,20+,23+,24+/m1/s1. The summed E-state index contributed by atoms with van der Waals surface area (Å²) in [5.41, 5.74) is 1.35. The molecule has 2 saturated carbocycles. The number of aryl methyl sites for hydroxylation is 1. The van der Waals surface area contributed by atoms with Gasteiger partial charge in [0.25, 0.3) is 0 Å². The Hall–Kier alpha value is -2.48. The average Bonchev–Trinajstić information content (AvgIpc) is 2.98. The van der Waals surface area contributed by atoms with Crippen LogP contribution in [0.4, 0.5) is 0 Å². The maximum atomic E-state index is 12.4. The van der Waals surface area contributed by atoms with E-state index in [2.05, 4.69) is 18.9 Å². The van der Waals surface area contributed by atoms with Gasteiger partial charge in [-0.2, -0.15) is 0 Å². The van der Waals surface area contributed by atoms with E-state index >= 15 is 0 Å². The fourth-order valence-corrected chi connectivity index (χ4v) is 6.46. The summed E-state index contributed by atoms with van der Waals surface area (Å²) in [6.45, 7) is 2.16. The topological polar surface area (TPSA) is 83.8 Å². The molecule has 3 aliphatic rings. The molecule has 0 heterocycles. The number of terminal acetylenes is 1. The zero-order chi connectivity index (χ0) is 20.8. The first-order valence-corrected chi connectivity index (χ1v) is 10.5. The van der Waals surface area contributed by atoms with E-state index < -0.39 is 17.5 Å². The van der Waals surface area contributed by atoms with Crippen molar-refractivity contribution in [3.05, 3.63) is 29.3 Å². The Kier molecular flexibility index (Phi) is 4.85. The lowest BCUT2D eigenvalue weighted by atomic mass is 9.53. The minimum absolute atomic E-state index is 0.150. The lowest BCUT2D eigenvalue weighted by molar-refractivity contribution is -0.169. The number of hydrogen-bond donors (Lipinski definition) is 2. The molecule has 0 amide bonds. The average molecular weight is 396 g/mol. The van der Waals surface area contributed by atoms with Crippen LogP contribution in [0.3, 0.4) is 0 Å². The Labute approximate surface area is 171 Å². The van der Waals surface area contributed by atoms with E-state index in [1.807, 2.05) is 6.07 Å². The second kappa shape index (κ2) is 7.09. The number of aromatic hydroxyl groups is 1. The molecule has 0 radical (unpaired) electrons. The van der Waals surface area contributed by atoms with Crippen LogP contribution in [-0.2, 0) is 20.7 Å². The van der Waals surface area contributed by atoms with Gasteiger partial charge < -0.3 is 14.9 Å². The molecule has 154 valence electrons. The van der Waals surface area contributed by atoms with Crippen LogP contribution in [0, 0.1) is 29.6 Å². The number of esters is 1. The van der Waals surface area contributed by atoms with Crippen molar-refractivity contribution in [2.45, 2.75) is 69.8 Å². The Balaban J connectivity index is 1.59. The molecule has 1 aromatic rings. The van der Waals surface area contributed by atoms with Gasteiger partial charge in [-0.15, -0.1) is 6.42 Å². The summed E-state index contributed by atoms with van der Waals surface area (Å²) < 4.78 is 5.86. The second-order valence-corrected chi connectivity index (χ2v) is 9.13. The summed E-state index contributed by atoms with van der Waals surface area (Å²) in [6, 6.07) is 5.74. The molecule has 5 heteroatoms. The fourth-order valence-electron chi connectivity index (χ4n) is 6.46. The van der Waals surface area contributed by atoms with Gasteiger partial charge in [0.1, 0.15) is 5.75 Å². The van der Waals surface area contributed by atoms with Gasteiger partial charge in [0.15, 0.2) is 5.60 Å². The third-order valence-electron chi connectivity index (χ3n) is 7.89. The molecular weight excluding hydrogens is 368 g/mol. The first kappa shape index (κ1) is 19.8. The summed E-state index contributed by atoms with van der Waals surface area (Å²) in [5, 5.41) is 18.7. The quantitative estimate of drug-likeness (QED) is 0.593. The number of phenolic OH excluding ortho intramolecular Hbond substituents is 1. The van der Waals surface area contributed by atoms with Crippen molar-refractivity contribution in [1.82, 2.24) is 0 Å². The fraction of sp³-hybridized carbons (Fsp3) is 0.583. The normalized spacial score (nSPS) is 35.0. The zero-order valence-electron chi connectivity index (χ0n) is 16.8. The van der Waals surface area contributed by atoms with Gasteiger partial charge in [0.2, 0.25) is 0 Å². The van der Waals surface area contributed by atoms with E-state index in [1.54, 1.807) is 6.07 Å². The molecule has 0 saturated heterocycles. The molecule has 0 spiro atoms. The lowest BCUT2D eigenvalue weighted by Crippen LogP contribution is -2.52. The van der Waals surface area contributed by atoms with Crippen LogP contribution in [0.5, 0.6) is 5.75 Å². The Morgan fingerprint density at radius 3 is 2.76 bits per heavy atom. The molecule has 0 aromatic heterocycles. The van der Waals surface area contributed by atoms with Crippen molar-refractivity contribution in [3.8, 4) is 18.1 Å². The summed E-state index contributed by atoms with van der Waals surface area (Å²) in [6.07, 6.45) is 11.0. The van der Waals surface area contributed by atoms with Crippen molar-refractivity contribution < 1.29 is 24.5 Å². The Bertz CT molecular complexity index is 884. The third-order valence-corrected chi connectivity index (χ3v) is 7.89. The molecule has 5 atom stereocenters. The van der Waals surface area contributed by atoms with Crippen LogP contribution in [0.25, 0.3) is 0 Å². The first-order valence-electron chi connectivity index (χ1n) is 10.5. The highest BCUT2D eigenvalue weighted by atomic mass is 16.6. The number of carbonyl (C=O) groups is 2. The molecule has 3 aliphatic carbocycles. The van der Waals surface area contributed by atoms with Gasteiger partial charge in [-0.25, -0.2) is 0 Å². The molecule has 29 heavy (non-hydrogen) atoms. The van der Waals surface area contributed by atoms with Crippen LogP contribution >= 0.6 is 0 Å². The molecule has 0 aliphatic heterocycles. The van der Waals surface area contributed by atoms with Gasteiger partial charge in [0.05, 0.1) is 12.8 Å². The van der Waals surface area contributed by atoms with Crippen molar-refractivity contribution in [2.75, 3.05) is 0 Å². The van der Waals surface area contributed by atoms with Crippen LogP contribution in [0.2, 0.25) is 0 Å². The van der Waals surface area contributed by atoms with E-state index in [1.165, 1.54) is 11.1 Å². The van der Waals surface area contributed by atoms with E-state index in [4.69, 9.17) is 16.3 Å². The van der Waals surface area contributed by atoms with E-state index in [0.717, 1.165) is 32.1 Å². The van der Waals surface area contributed by atoms with E-state index in [9.17, 15) is 14.7 Å². The smallest absolute Gasteiger partial charge is 0.307 e. The molecule has 1 aromatic carbocycles. The van der Waals surface area contributed by atoms with Crippen molar-refractivity contribution >= 4 is 11.9 Å². The minimum atomic E-state index is -1.01. The predicted molar refractivity (Wildman–Crippen MR) is 107 cm³/mol. The largest absolute Gasteiger partial charge is 0.508 e. The number of phenols is 1. The SMILES string of the molecule is C#C[C@]1(OC(=O)CCC(=O)O)CC[C@H]2[C@@H]3CCc4cc(O)ccc4[C@H]3CC[C@@]21C. The zero-order valence-corrected chi connectivity index (χ0v) is 16.8. The van der Waals surface area contributed by atoms with E-state index in [0.29, 0.717) is 29.9 Å². The van der Waals surface area contributed by atoms with Gasteiger partial charge in [-0.05, 0) is 79.5 Å². The monoisotopic (exact) mass is 396 g/mol. The number of carboxylic acids is 1. The van der Waals surface area contributed by atoms with Crippen LogP contribution in [-0.4, -0.2) is 27.8 Å². The summed E-state index contributed by atoms with van der Waals surface area (Å²) in [4.78, 5) is 23.2. The van der Waals surface area contributed by atoms with Crippen LogP contribution in [0.1, 0.15) is 68.9 Å². The summed E-state index contributed by atoms with van der Waals surface area (Å²) in [5.74, 6) is 2.93. The Morgan fingerprint density at radius 2 is 2.03 bits per heavy atom.